The van der Waals surface area contributed by atoms with Gasteiger partial charge in [-0.1, -0.05) is 18.2 Å². The lowest BCUT2D eigenvalue weighted by Gasteiger charge is -2.14. The van der Waals surface area contributed by atoms with Crippen molar-refractivity contribution in [1.29, 1.82) is 0 Å². The molecule has 2 aromatic carbocycles. The van der Waals surface area contributed by atoms with Gasteiger partial charge >= 0.3 is 6.03 Å². The van der Waals surface area contributed by atoms with Gasteiger partial charge in [0.15, 0.2) is 5.76 Å². The smallest absolute Gasteiger partial charge is 0.321 e. The van der Waals surface area contributed by atoms with E-state index in [4.69, 9.17) is 4.42 Å². The summed E-state index contributed by atoms with van der Waals surface area (Å²) in [5.74, 6) is 0.665. The molecule has 1 aromatic heterocycles. The van der Waals surface area contributed by atoms with Crippen LogP contribution in [0.5, 0.6) is 0 Å². The van der Waals surface area contributed by atoms with Crippen molar-refractivity contribution < 1.29 is 14.0 Å². The second-order valence-electron chi connectivity index (χ2n) is 6.26. The van der Waals surface area contributed by atoms with Crippen molar-refractivity contribution in [1.82, 2.24) is 5.32 Å². The number of urea groups is 1. The molecule has 3 amide bonds. The van der Waals surface area contributed by atoms with Crippen LogP contribution in [0, 0.1) is 0 Å². The molecule has 0 spiro atoms. The number of carbonyl (C=O) groups is 2. The second kappa shape index (κ2) is 8.22. The molecule has 1 saturated heterocycles. The third kappa shape index (κ3) is 4.04. The number of carbonyl (C=O) groups excluding carboxylic acids is 2. The normalized spacial score (nSPS) is 13.4. The third-order valence-electron chi connectivity index (χ3n) is 4.38. The molecule has 1 aliphatic rings. The molecule has 28 heavy (non-hydrogen) atoms. The van der Waals surface area contributed by atoms with Crippen molar-refractivity contribution in [2.75, 3.05) is 23.3 Å². The first-order valence-electron chi connectivity index (χ1n) is 8.92. The van der Waals surface area contributed by atoms with Crippen LogP contribution in [0.1, 0.15) is 16.1 Å². The van der Waals surface area contributed by atoms with E-state index in [0.29, 0.717) is 30.3 Å². The number of hydrogen-bond donors (Lipinski definition) is 2. The zero-order valence-corrected chi connectivity index (χ0v) is 15.9. The Balaban J connectivity index is 1.40. The van der Waals surface area contributed by atoms with Gasteiger partial charge in [-0.15, -0.1) is 11.8 Å². The second-order valence-corrected chi connectivity index (χ2v) is 7.31. The standard InChI is InChI=1S/C21H19N3O3S/c25-20(19-15(10-13-27-19)14-28-18-4-2-1-3-5-18)23-16-6-8-17(9-7-16)24-12-11-22-21(24)26/h1-10,13H,11-12,14H2,(H,22,26)(H,23,25). The Hall–Kier alpha value is -3.19. The van der Waals surface area contributed by atoms with Crippen molar-refractivity contribution in [3.8, 4) is 0 Å². The Morgan fingerprint density at radius 2 is 1.89 bits per heavy atom. The molecule has 2 heterocycles. The summed E-state index contributed by atoms with van der Waals surface area (Å²) in [6.45, 7) is 1.28. The lowest BCUT2D eigenvalue weighted by molar-refractivity contribution is 0.0995. The van der Waals surface area contributed by atoms with E-state index < -0.39 is 0 Å². The van der Waals surface area contributed by atoms with Crippen molar-refractivity contribution in [2.45, 2.75) is 10.6 Å². The van der Waals surface area contributed by atoms with Crippen LogP contribution in [0.4, 0.5) is 16.2 Å². The Morgan fingerprint density at radius 1 is 1.11 bits per heavy atom. The van der Waals surface area contributed by atoms with Gasteiger partial charge in [-0.2, -0.15) is 0 Å². The molecule has 6 nitrogen and oxygen atoms in total. The number of hydrogen-bond acceptors (Lipinski definition) is 4. The zero-order chi connectivity index (χ0) is 19.3. The van der Waals surface area contributed by atoms with Gasteiger partial charge in [-0.05, 0) is 42.5 Å². The van der Waals surface area contributed by atoms with Crippen LogP contribution < -0.4 is 15.5 Å². The molecule has 1 aliphatic heterocycles. The van der Waals surface area contributed by atoms with E-state index in [1.807, 2.05) is 48.5 Å². The molecule has 2 N–H and O–H groups in total. The van der Waals surface area contributed by atoms with Crippen molar-refractivity contribution in [2.24, 2.45) is 0 Å². The number of thioether (sulfide) groups is 1. The van der Waals surface area contributed by atoms with Gasteiger partial charge in [-0.25, -0.2) is 4.79 Å². The lowest BCUT2D eigenvalue weighted by atomic mass is 10.2. The first-order chi connectivity index (χ1) is 13.7. The van der Waals surface area contributed by atoms with E-state index in [9.17, 15) is 9.59 Å². The zero-order valence-electron chi connectivity index (χ0n) is 15.1. The van der Waals surface area contributed by atoms with Crippen LogP contribution >= 0.6 is 11.8 Å². The summed E-state index contributed by atoms with van der Waals surface area (Å²) < 4.78 is 5.42. The number of rotatable bonds is 6. The Morgan fingerprint density at radius 3 is 2.61 bits per heavy atom. The van der Waals surface area contributed by atoms with Gasteiger partial charge in [0.05, 0.1) is 6.26 Å². The first-order valence-corrected chi connectivity index (χ1v) is 9.90. The van der Waals surface area contributed by atoms with Gasteiger partial charge < -0.3 is 15.1 Å². The number of nitrogens with one attached hydrogen (secondary N) is 2. The highest BCUT2D eigenvalue weighted by molar-refractivity contribution is 7.98. The van der Waals surface area contributed by atoms with E-state index >= 15 is 0 Å². The topological polar surface area (TPSA) is 74.6 Å². The Labute approximate surface area is 166 Å². The minimum atomic E-state index is -0.291. The molecule has 0 radical (unpaired) electrons. The fraction of sp³-hybridized carbons (Fsp3) is 0.143. The van der Waals surface area contributed by atoms with E-state index in [2.05, 4.69) is 10.6 Å². The summed E-state index contributed by atoms with van der Waals surface area (Å²) in [5.41, 5.74) is 2.29. The maximum atomic E-state index is 12.6. The van der Waals surface area contributed by atoms with Crippen molar-refractivity contribution >= 4 is 35.1 Å². The predicted molar refractivity (Wildman–Crippen MR) is 110 cm³/mol. The Kier molecular flexibility index (Phi) is 5.34. The van der Waals surface area contributed by atoms with Crippen LogP contribution in [0.3, 0.4) is 0 Å². The number of amides is 3. The van der Waals surface area contributed by atoms with Crippen LogP contribution in [0.2, 0.25) is 0 Å². The minimum absolute atomic E-state index is 0.104. The number of furan rings is 1. The summed E-state index contributed by atoms with van der Waals surface area (Å²) in [4.78, 5) is 27.1. The molecule has 1 fully saturated rings. The lowest BCUT2D eigenvalue weighted by Crippen LogP contribution is -2.27. The summed E-state index contributed by atoms with van der Waals surface area (Å²) in [6.07, 6.45) is 1.53. The fourth-order valence-corrected chi connectivity index (χ4v) is 3.86. The molecule has 0 bridgehead atoms. The fourth-order valence-electron chi connectivity index (χ4n) is 2.96. The average molecular weight is 393 g/mol. The number of nitrogens with zero attached hydrogens (tertiary/aromatic N) is 1. The van der Waals surface area contributed by atoms with E-state index in [1.165, 1.54) is 6.26 Å². The molecule has 142 valence electrons. The number of benzene rings is 2. The predicted octanol–water partition coefficient (Wildman–Crippen LogP) is 4.35. The molecule has 0 saturated carbocycles. The molecular formula is C21H19N3O3S. The quantitative estimate of drug-likeness (QED) is 0.611. The SMILES string of the molecule is O=C(Nc1ccc(N2CCNC2=O)cc1)c1occc1CSc1ccccc1. The third-order valence-corrected chi connectivity index (χ3v) is 5.45. The van der Waals surface area contributed by atoms with Gasteiger partial charge in [0, 0.05) is 40.7 Å². The molecule has 0 atom stereocenters. The summed E-state index contributed by atoms with van der Waals surface area (Å²) in [7, 11) is 0. The molecule has 0 unspecified atom stereocenters. The molecule has 3 aromatic rings. The first kappa shape index (κ1) is 18.2. The van der Waals surface area contributed by atoms with Crippen LogP contribution in [-0.4, -0.2) is 25.0 Å². The van der Waals surface area contributed by atoms with E-state index in [0.717, 1.165) is 16.1 Å². The highest BCUT2D eigenvalue weighted by Gasteiger charge is 2.21. The summed E-state index contributed by atoms with van der Waals surface area (Å²) >= 11 is 1.65. The van der Waals surface area contributed by atoms with Crippen LogP contribution in [-0.2, 0) is 5.75 Å². The summed E-state index contributed by atoms with van der Waals surface area (Å²) in [6, 6.07) is 18.9. The van der Waals surface area contributed by atoms with Crippen LogP contribution in [0.25, 0.3) is 0 Å². The molecule has 7 heteroatoms. The van der Waals surface area contributed by atoms with E-state index in [-0.39, 0.29) is 11.9 Å². The van der Waals surface area contributed by atoms with Gasteiger partial charge in [-0.3, -0.25) is 9.69 Å². The molecular weight excluding hydrogens is 374 g/mol. The van der Waals surface area contributed by atoms with Gasteiger partial charge in [0.25, 0.3) is 5.91 Å². The maximum absolute atomic E-state index is 12.6. The average Bonchev–Trinajstić information content (AvgIpc) is 3.37. The van der Waals surface area contributed by atoms with Crippen LogP contribution in [0.15, 0.2) is 76.2 Å². The van der Waals surface area contributed by atoms with Crippen molar-refractivity contribution in [3.05, 3.63) is 78.3 Å². The molecule has 4 rings (SSSR count). The summed E-state index contributed by atoms with van der Waals surface area (Å²) in [5, 5.41) is 5.62. The largest absolute Gasteiger partial charge is 0.459 e. The highest BCUT2D eigenvalue weighted by Crippen LogP contribution is 2.26. The van der Waals surface area contributed by atoms with Gasteiger partial charge in [0.2, 0.25) is 0 Å². The monoisotopic (exact) mass is 393 g/mol. The number of anilines is 2. The van der Waals surface area contributed by atoms with Gasteiger partial charge in [0.1, 0.15) is 0 Å². The maximum Gasteiger partial charge on any atom is 0.321 e. The van der Waals surface area contributed by atoms with E-state index in [1.54, 1.807) is 28.8 Å². The Bertz CT molecular complexity index is 970. The molecule has 0 aliphatic carbocycles. The highest BCUT2D eigenvalue weighted by atomic mass is 32.2. The van der Waals surface area contributed by atoms with Crippen molar-refractivity contribution in [3.63, 3.8) is 0 Å². The minimum Gasteiger partial charge on any atom is -0.459 e.